The topological polar surface area (TPSA) is 103 Å². The van der Waals surface area contributed by atoms with Crippen molar-refractivity contribution in [3.8, 4) is 11.1 Å². The maximum absolute atomic E-state index is 13.6. The molecule has 1 fully saturated rings. The first-order valence-corrected chi connectivity index (χ1v) is 12.0. The average Bonchev–Trinajstić information content (AvgIpc) is 3.49. The van der Waals surface area contributed by atoms with Crippen LogP contribution in [0.5, 0.6) is 0 Å². The smallest absolute Gasteiger partial charge is 0.365 e. The fraction of sp³-hybridized carbons (Fsp3) is 0.250. The largest absolute Gasteiger partial charge is 0.433 e. The SMILES string of the molecule is NC(=O)c1sc2nc(C(F)(F)F)cc(-c3ccc(F)cc3)c2c1NC(=O)Cn1nc(C(F)F)cc1C1CC1. The second kappa shape index (κ2) is 9.42. The molecule has 1 aliphatic carbocycles. The van der Waals surface area contributed by atoms with E-state index in [0.717, 1.165) is 35.7 Å². The van der Waals surface area contributed by atoms with Crippen LogP contribution >= 0.6 is 11.3 Å². The molecule has 3 heterocycles. The van der Waals surface area contributed by atoms with Crippen molar-refractivity contribution in [2.75, 3.05) is 5.32 Å². The summed E-state index contributed by atoms with van der Waals surface area (Å²) in [6, 6.07) is 6.55. The summed E-state index contributed by atoms with van der Waals surface area (Å²) in [6.07, 6.45) is -6.17. The van der Waals surface area contributed by atoms with E-state index in [1.165, 1.54) is 18.2 Å². The molecule has 5 rings (SSSR count). The number of rotatable bonds is 7. The van der Waals surface area contributed by atoms with Crippen LogP contribution in [0.2, 0.25) is 0 Å². The number of fused-ring (bicyclic) bond motifs is 1. The molecule has 14 heteroatoms. The number of pyridine rings is 1. The van der Waals surface area contributed by atoms with Gasteiger partial charge < -0.3 is 11.1 Å². The van der Waals surface area contributed by atoms with E-state index in [4.69, 9.17) is 5.73 Å². The number of primary amides is 1. The Morgan fingerprint density at radius 1 is 1.16 bits per heavy atom. The minimum Gasteiger partial charge on any atom is -0.365 e. The molecule has 3 aromatic heterocycles. The van der Waals surface area contributed by atoms with Gasteiger partial charge in [0.05, 0.1) is 5.69 Å². The number of nitrogens with two attached hydrogens (primary N) is 1. The summed E-state index contributed by atoms with van der Waals surface area (Å²) in [5.74, 6) is -2.44. The van der Waals surface area contributed by atoms with Gasteiger partial charge in [-0.05, 0) is 48.2 Å². The zero-order valence-corrected chi connectivity index (χ0v) is 20.0. The number of alkyl halides is 5. The fourth-order valence-corrected chi connectivity index (χ4v) is 5.11. The van der Waals surface area contributed by atoms with E-state index in [-0.39, 0.29) is 37.8 Å². The standard InChI is InChI=1S/C24H17F6N5O2S/c25-12-5-3-10(4-6-12)13-7-16(24(28,29)30)32-23-18(13)19(20(38-23)22(31)37)33-17(36)9-35-15(11-1-2-11)8-14(34-35)21(26)27/h3-8,11,21H,1-2,9H2,(H2,31,37)(H,33,36). The van der Waals surface area contributed by atoms with Crippen molar-refractivity contribution in [1.29, 1.82) is 0 Å². The second-order valence-corrected chi connectivity index (χ2v) is 9.68. The normalized spacial score (nSPS) is 13.9. The third-order valence-corrected chi connectivity index (χ3v) is 7.04. The van der Waals surface area contributed by atoms with Crippen molar-refractivity contribution < 1.29 is 35.9 Å². The quantitative estimate of drug-likeness (QED) is 0.280. The highest BCUT2D eigenvalue weighted by molar-refractivity contribution is 7.21. The number of amides is 2. The second-order valence-electron chi connectivity index (χ2n) is 8.69. The Hall–Kier alpha value is -3.94. The van der Waals surface area contributed by atoms with Gasteiger partial charge in [-0.3, -0.25) is 14.3 Å². The van der Waals surface area contributed by atoms with Gasteiger partial charge in [0.15, 0.2) is 0 Å². The van der Waals surface area contributed by atoms with Gasteiger partial charge in [0.1, 0.15) is 33.5 Å². The molecule has 38 heavy (non-hydrogen) atoms. The van der Waals surface area contributed by atoms with E-state index in [2.05, 4.69) is 15.4 Å². The van der Waals surface area contributed by atoms with Gasteiger partial charge in [-0.1, -0.05) is 12.1 Å². The van der Waals surface area contributed by atoms with E-state index >= 15 is 0 Å². The lowest BCUT2D eigenvalue weighted by molar-refractivity contribution is -0.140. The number of halogens is 6. The number of carbonyl (C=O) groups is 2. The fourth-order valence-electron chi connectivity index (χ4n) is 4.10. The highest BCUT2D eigenvalue weighted by atomic mass is 32.1. The van der Waals surface area contributed by atoms with Crippen molar-refractivity contribution in [2.45, 2.75) is 37.9 Å². The van der Waals surface area contributed by atoms with Crippen LogP contribution in [0.15, 0.2) is 36.4 Å². The van der Waals surface area contributed by atoms with Crippen LogP contribution in [0.3, 0.4) is 0 Å². The summed E-state index contributed by atoms with van der Waals surface area (Å²) in [6.45, 7) is -0.492. The number of thiophene rings is 1. The monoisotopic (exact) mass is 553 g/mol. The molecule has 0 atom stereocenters. The summed E-state index contributed by atoms with van der Waals surface area (Å²) in [4.78, 5) is 28.4. The van der Waals surface area contributed by atoms with Gasteiger partial charge in [0.2, 0.25) is 5.91 Å². The lowest BCUT2D eigenvalue weighted by atomic mass is 10.0. The molecule has 2 amide bonds. The van der Waals surface area contributed by atoms with Crippen LogP contribution in [0.1, 0.15) is 51.9 Å². The van der Waals surface area contributed by atoms with Gasteiger partial charge in [-0.25, -0.2) is 18.2 Å². The minimum atomic E-state index is -4.84. The van der Waals surface area contributed by atoms with Gasteiger partial charge in [-0.15, -0.1) is 11.3 Å². The number of anilines is 1. The Kier molecular flexibility index (Phi) is 6.37. The summed E-state index contributed by atoms with van der Waals surface area (Å²) in [5, 5.41) is 6.30. The first-order chi connectivity index (χ1) is 17.9. The van der Waals surface area contributed by atoms with Gasteiger partial charge in [0.25, 0.3) is 12.3 Å². The van der Waals surface area contributed by atoms with E-state index in [1.807, 2.05) is 0 Å². The Bertz CT molecular complexity index is 1560. The average molecular weight is 553 g/mol. The van der Waals surface area contributed by atoms with Crippen LogP contribution in [0.25, 0.3) is 21.3 Å². The van der Waals surface area contributed by atoms with Crippen molar-refractivity contribution in [2.24, 2.45) is 5.73 Å². The molecule has 0 radical (unpaired) electrons. The molecule has 0 aliphatic heterocycles. The minimum absolute atomic E-state index is 0.00657. The molecule has 0 unspecified atom stereocenters. The Morgan fingerprint density at radius 2 is 1.84 bits per heavy atom. The summed E-state index contributed by atoms with van der Waals surface area (Å²) in [7, 11) is 0. The molecule has 1 aromatic carbocycles. The van der Waals surface area contributed by atoms with E-state index in [9.17, 15) is 35.9 Å². The predicted molar refractivity (Wildman–Crippen MR) is 126 cm³/mol. The van der Waals surface area contributed by atoms with Crippen LogP contribution in [0, 0.1) is 5.82 Å². The summed E-state index contributed by atoms with van der Waals surface area (Å²) >= 11 is 0.553. The van der Waals surface area contributed by atoms with Crippen LogP contribution in [-0.2, 0) is 17.5 Å². The molecule has 0 saturated heterocycles. The van der Waals surface area contributed by atoms with E-state index in [1.54, 1.807) is 0 Å². The van der Waals surface area contributed by atoms with Crippen molar-refractivity contribution >= 4 is 39.1 Å². The van der Waals surface area contributed by atoms with Crippen molar-refractivity contribution in [3.63, 3.8) is 0 Å². The highest BCUT2D eigenvalue weighted by Crippen LogP contribution is 2.44. The van der Waals surface area contributed by atoms with Crippen molar-refractivity contribution in [3.05, 3.63) is 64.2 Å². The van der Waals surface area contributed by atoms with Gasteiger partial charge in [-0.2, -0.15) is 18.3 Å². The molecular formula is C24H17F6N5O2S. The first kappa shape index (κ1) is 25.7. The molecule has 0 bridgehead atoms. The lowest BCUT2D eigenvalue weighted by Crippen LogP contribution is -2.22. The molecule has 3 N–H and O–H groups in total. The van der Waals surface area contributed by atoms with Crippen LogP contribution in [0.4, 0.5) is 32.0 Å². The molecule has 0 spiro atoms. The maximum Gasteiger partial charge on any atom is 0.433 e. The Morgan fingerprint density at radius 3 is 2.42 bits per heavy atom. The molecule has 7 nitrogen and oxygen atoms in total. The van der Waals surface area contributed by atoms with Gasteiger partial charge >= 0.3 is 6.18 Å². The number of hydrogen-bond acceptors (Lipinski definition) is 5. The highest BCUT2D eigenvalue weighted by Gasteiger charge is 2.35. The molecule has 1 saturated carbocycles. The number of nitrogens with one attached hydrogen (secondary N) is 1. The Labute approximate surface area is 214 Å². The zero-order chi connectivity index (χ0) is 27.4. The molecule has 198 valence electrons. The molecule has 1 aliphatic rings. The predicted octanol–water partition coefficient (Wildman–Crippen LogP) is 5.87. The van der Waals surface area contributed by atoms with Crippen LogP contribution in [-0.4, -0.2) is 26.6 Å². The maximum atomic E-state index is 13.6. The third kappa shape index (κ3) is 4.95. The van der Waals surface area contributed by atoms with Gasteiger partial charge in [0, 0.05) is 17.0 Å². The number of benzene rings is 1. The number of hydrogen-bond donors (Lipinski definition) is 2. The summed E-state index contributed by atoms with van der Waals surface area (Å²) < 4.78 is 82.0. The first-order valence-electron chi connectivity index (χ1n) is 11.2. The van der Waals surface area contributed by atoms with Crippen molar-refractivity contribution in [1.82, 2.24) is 14.8 Å². The third-order valence-electron chi connectivity index (χ3n) is 5.94. The van der Waals surface area contributed by atoms with E-state index in [0.29, 0.717) is 17.0 Å². The van der Waals surface area contributed by atoms with Crippen LogP contribution < -0.4 is 11.1 Å². The number of carbonyl (C=O) groups excluding carboxylic acids is 2. The molecule has 4 aromatic rings. The number of aromatic nitrogens is 3. The Balaban J connectivity index is 1.61. The summed E-state index contributed by atoms with van der Waals surface area (Å²) in [5.41, 5.74) is 4.10. The molecular weight excluding hydrogens is 536 g/mol. The lowest BCUT2D eigenvalue weighted by Gasteiger charge is -2.13. The zero-order valence-electron chi connectivity index (χ0n) is 19.2. The van der Waals surface area contributed by atoms with E-state index < -0.39 is 48.2 Å². The number of nitrogens with zero attached hydrogens (tertiary/aromatic N) is 3.